The van der Waals surface area contributed by atoms with Gasteiger partial charge in [-0.05, 0) is 24.1 Å². The van der Waals surface area contributed by atoms with Gasteiger partial charge >= 0.3 is 0 Å². The number of rotatable bonds is 3. The van der Waals surface area contributed by atoms with Crippen molar-refractivity contribution in [1.82, 2.24) is 9.97 Å². The Bertz CT molecular complexity index is 864. The van der Waals surface area contributed by atoms with Gasteiger partial charge in [-0.1, -0.05) is 0 Å². The van der Waals surface area contributed by atoms with Crippen molar-refractivity contribution in [2.75, 3.05) is 43.1 Å². The van der Waals surface area contributed by atoms with Crippen molar-refractivity contribution in [2.45, 2.75) is 18.9 Å². The summed E-state index contributed by atoms with van der Waals surface area (Å²) in [5, 5.41) is 3.27. The lowest BCUT2D eigenvalue weighted by atomic mass is 10.1. The van der Waals surface area contributed by atoms with Gasteiger partial charge < -0.3 is 19.7 Å². The second kappa shape index (κ2) is 6.34. The smallest absolute Gasteiger partial charge is 0.233 e. The Balaban J connectivity index is 1.45. The van der Waals surface area contributed by atoms with Crippen molar-refractivity contribution in [2.24, 2.45) is 0 Å². The third kappa shape index (κ3) is 2.73. The van der Waals surface area contributed by atoms with Gasteiger partial charge in [0.1, 0.15) is 5.82 Å². The fraction of sp³-hybridized carbons (Fsp3) is 0.421. The first kappa shape index (κ1) is 15.7. The van der Waals surface area contributed by atoms with Crippen LogP contribution in [0.15, 0.2) is 24.5 Å². The number of hydrogen-bond acceptors (Lipinski definition) is 6. The number of hydrogen-bond donors (Lipinski definition) is 1. The van der Waals surface area contributed by atoms with E-state index in [4.69, 9.17) is 9.47 Å². The largest absolute Gasteiger partial charge is 0.376 e. The molecule has 2 aromatic rings. The molecule has 0 radical (unpaired) electrons. The van der Waals surface area contributed by atoms with Crippen LogP contribution in [0.1, 0.15) is 11.3 Å². The van der Waals surface area contributed by atoms with Gasteiger partial charge in [0.2, 0.25) is 5.91 Å². The molecule has 2 aromatic heterocycles. The number of pyridine rings is 2. The van der Waals surface area contributed by atoms with E-state index in [-0.39, 0.29) is 12.0 Å². The van der Waals surface area contributed by atoms with Crippen molar-refractivity contribution in [1.29, 1.82) is 0 Å². The van der Waals surface area contributed by atoms with Crippen LogP contribution in [0.3, 0.4) is 0 Å². The average molecular weight is 352 g/mol. The first-order valence-corrected chi connectivity index (χ1v) is 9.00. The Hall–Kier alpha value is -2.51. The molecular weight excluding hydrogens is 332 g/mol. The minimum absolute atomic E-state index is 0.0649. The van der Waals surface area contributed by atoms with E-state index in [1.165, 1.54) is 5.56 Å². The molecule has 0 aliphatic carbocycles. The summed E-state index contributed by atoms with van der Waals surface area (Å²) in [6.07, 6.45) is 4.93. The lowest BCUT2D eigenvalue weighted by Crippen LogP contribution is -2.41. The first-order chi connectivity index (χ1) is 12.8. The summed E-state index contributed by atoms with van der Waals surface area (Å²) in [4.78, 5) is 23.3. The maximum atomic E-state index is 12.5. The molecular formula is C19H20N4O3. The lowest BCUT2D eigenvalue weighted by Gasteiger charge is -2.27. The van der Waals surface area contributed by atoms with Crippen LogP contribution in [-0.4, -0.2) is 54.9 Å². The Labute approximate surface area is 151 Å². The molecule has 0 spiro atoms. The van der Waals surface area contributed by atoms with Crippen LogP contribution in [0.25, 0.3) is 11.1 Å². The Morgan fingerprint density at radius 1 is 1.19 bits per heavy atom. The van der Waals surface area contributed by atoms with E-state index in [0.29, 0.717) is 32.8 Å². The van der Waals surface area contributed by atoms with Crippen LogP contribution in [0.5, 0.6) is 0 Å². The molecule has 3 aliphatic heterocycles. The van der Waals surface area contributed by atoms with Gasteiger partial charge in [-0.25, -0.2) is 4.98 Å². The molecule has 1 fully saturated rings. The number of carbonyl (C=O) groups excluding carboxylic acids is 1. The van der Waals surface area contributed by atoms with Crippen LogP contribution in [0, 0.1) is 0 Å². The molecule has 5 rings (SSSR count). The predicted octanol–water partition coefficient (Wildman–Crippen LogP) is 1.42. The summed E-state index contributed by atoms with van der Waals surface area (Å²) in [7, 11) is 0. The standard InChI is InChI=1S/C19H20N4O3/c24-18-7-16-17(23(18)10-15-11-25-3-4-26-15)6-14(8-21-16)13-5-12-1-2-20-19(12)22-9-13/h5-6,8-9,15H,1-4,7,10-11H2,(H,20,22)/t15-/m0/s1. The zero-order chi connectivity index (χ0) is 17.5. The van der Waals surface area contributed by atoms with E-state index >= 15 is 0 Å². The Morgan fingerprint density at radius 3 is 2.96 bits per heavy atom. The van der Waals surface area contributed by atoms with Crippen LogP contribution in [0.2, 0.25) is 0 Å². The SMILES string of the molecule is O=C1Cc2ncc(-c3cnc4c(c3)CCN4)cc2N1C[C@H]1COCCO1. The van der Waals surface area contributed by atoms with Gasteiger partial charge in [-0.15, -0.1) is 0 Å². The molecule has 7 heteroatoms. The minimum atomic E-state index is -0.0879. The van der Waals surface area contributed by atoms with Crippen molar-refractivity contribution in [3.05, 3.63) is 35.8 Å². The highest BCUT2D eigenvalue weighted by Crippen LogP contribution is 2.33. The molecule has 0 saturated carbocycles. The molecule has 134 valence electrons. The van der Waals surface area contributed by atoms with E-state index in [2.05, 4.69) is 21.4 Å². The van der Waals surface area contributed by atoms with E-state index in [0.717, 1.165) is 41.3 Å². The van der Waals surface area contributed by atoms with E-state index < -0.39 is 0 Å². The minimum Gasteiger partial charge on any atom is -0.376 e. The normalized spacial score (nSPS) is 21.5. The molecule has 0 aromatic carbocycles. The third-order valence-corrected chi connectivity index (χ3v) is 5.12. The second-order valence-corrected chi connectivity index (χ2v) is 6.85. The molecule has 1 atom stereocenters. The zero-order valence-corrected chi connectivity index (χ0v) is 14.4. The predicted molar refractivity (Wildman–Crippen MR) is 96.3 cm³/mol. The van der Waals surface area contributed by atoms with Gasteiger partial charge in [0.15, 0.2) is 0 Å². The van der Waals surface area contributed by atoms with Gasteiger partial charge in [0, 0.05) is 30.1 Å². The number of fused-ring (bicyclic) bond motifs is 2. The molecule has 0 unspecified atom stereocenters. The van der Waals surface area contributed by atoms with Gasteiger partial charge in [-0.2, -0.15) is 0 Å². The average Bonchev–Trinajstić information content (AvgIpc) is 3.26. The van der Waals surface area contributed by atoms with Crippen LogP contribution in [0.4, 0.5) is 11.5 Å². The summed E-state index contributed by atoms with van der Waals surface area (Å²) in [6, 6.07) is 4.20. The number of nitrogens with zero attached hydrogens (tertiary/aromatic N) is 3. The molecule has 1 saturated heterocycles. The molecule has 1 amide bonds. The molecule has 1 N–H and O–H groups in total. The Morgan fingerprint density at radius 2 is 2.08 bits per heavy atom. The Kier molecular flexibility index (Phi) is 3.83. The van der Waals surface area contributed by atoms with Crippen LogP contribution >= 0.6 is 0 Å². The third-order valence-electron chi connectivity index (χ3n) is 5.12. The van der Waals surface area contributed by atoms with Crippen molar-refractivity contribution < 1.29 is 14.3 Å². The maximum Gasteiger partial charge on any atom is 0.233 e. The fourth-order valence-corrected chi connectivity index (χ4v) is 3.76. The molecule has 0 bridgehead atoms. The summed E-state index contributed by atoms with van der Waals surface area (Å²) >= 11 is 0. The number of carbonyl (C=O) groups is 1. The molecule has 5 heterocycles. The van der Waals surface area contributed by atoms with Gasteiger partial charge in [0.05, 0.1) is 50.3 Å². The number of ether oxygens (including phenoxy) is 2. The number of amides is 1. The van der Waals surface area contributed by atoms with Crippen molar-refractivity contribution in [3.8, 4) is 11.1 Å². The fourth-order valence-electron chi connectivity index (χ4n) is 3.76. The number of nitrogens with one attached hydrogen (secondary N) is 1. The van der Waals surface area contributed by atoms with E-state index in [1.807, 2.05) is 18.5 Å². The van der Waals surface area contributed by atoms with E-state index in [1.54, 1.807) is 4.90 Å². The summed E-state index contributed by atoms with van der Waals surface area (Å²) < 4.78 is 11.2. The summed E-state index contributed by atoms with van der Waals surface area (Å²) in [5.74, 6) is 1.03. The van der Waals surface area contributed by atoms with Crippen molar-refractivity contribution in [3.63, 3.8) is 0 Å². The molecule has 3 aliphatic rings. The topological polar surface area (TPSA) is 76.6 Å². The second-order valence-electron chi connectivity index (χ2n) is 6.85. The van der Waals surface area contributed by atoms with Crippen LogP contribution in [-0.2, 0) is 27.1 Å². The van der Waals surface area contributed by atoms with Gasteiger partial charge in [0.25, 0.3) is 0 Å². The molecule has 7 nitrogen and oxygen atoms in total. The highest BCUT2D eigenvalue weighted by atomic mass is 16.6. The lowest BCUT2D eigenvalue weighted by molar-refractivity contribution is -0.119. The highest BCUT2D eigenvalue weighted by Gasteiger charge is 2.31. The van der Waals surface area contributed by atoms with E-state index in [9.17, 15) is 4.79 Å². The monoisotopic (exact) mass is 352 g/mol. The summed E-state index contributed by atoms with van der Waals surface area (Å²) in [5.41, 5.74) is 4.93. The summed E-state index contributed by atoms with van der Waals surface area (Å²) in [6.45, 7) is 3.15. The molecule has 26 heavy (non-hydrogen) atoms. The number of aromatic nitrogens is 2. The number of anilines is 2. The zero-order valence-electron chi connectivity index (χ0n) is 14.4. The van der Waals surface area contributed by atoms with Crippen molar-refractivity contribution >= 4 is 17.4 Å². The van der Waals surface area contributed by atoms with Crippen LogP contribution < -0.4 is 10.2 Å². The first-order valence-electron chi connectivity index (χ1n) is 9.00. The quantitative estimate of drug-likeness (QED) is 0.900. The maximum absolute atomic E-state index is 12.5. The highest BCUT2D eigenvalue weighted by molar-refractivity contribution is 6.01. The van der Waals surface area contributed by atoms with Gasteiger partial charge in [-0.3, -0.25) is 9.78 Å².